The second-order valence-corrected chi connectivity index (χ2v) is 12.0. The quantitative estimate of drug-likeness (QED) is 0.572. The highest BCUT2D eigenvalue weighted by molar-refractivity contribution is 8.21. The Kier molecular flexibility index (Phi) is 5.84. The summed E-state index contributed by atoms with van der Waals surface area (Å²) in [6.07, 6.45) is 2.00. The predicted molar refractivity (Wildman–Crippen MR) is 126 cm³/mol. The molecule has 162 valence electrons. The lowest BCUT2D eigenvalue weighted by atomic mass is 9.79. The first-order chi connectivity index (χ1) is 14.3. The summed E-state index contributed by atoms with van der Waals surface area (Å²) in [5.74, 6) is 4.83. The van der Waals surface area contributed by atoms with Crippen molar-refractivity contribution < 1.29 is 18.9 Å². The number of hydrogen-bond donors (Lipinski definition) is 0. The van der Waals surface area contributed by atoms with Gasteiger partial charge in [0.25, 0.3) is 0 Å². The topological polar surface area (TPSA) is 36.9 Å². The van der Waals surface area contributed by atoms with Crippen LogP contribution in [0.5, 0.6) is 23.0 Å². The Morgan fingerprint density at radius 1 is 0.867 bits per heavy atom. The Morgan fingerprint density at radius 2 is 1.60 bits per heavy atom. The van der Waals surface area contributed by atoms with Gasteiger partial charge in [-0.15, -0.1) is 23.5 Å². The molecule has 1 aliphatic carbocycles. The fourth-order valence-electron chi connectivity index (χ4n) is 4.64. The average molecular weight is 447 g/mol. The third-order valence-corrected chi connectivity index (χ3v) is 9.84. The minimum atomic E-state index is -0.0352. The molecule has 1 aliphatic heterocycles. The smallest absolute Gasteiger partial charge is 0.160 e. The van der Waals surface area contributed by atoms with E-state index < -0.39 is 0 Å². The molecule has 2 atom stereocenters. The molecule has 0 radical (unpaired) electrons. The first-order valence-electron chi connectivity index (χ1n) is 10.2. The van der Waals surface area contributed by atoms with Crippen molar-refractivity contribution in [3.05, 3.63) is 47.0 Å². The van der Waals surface area contributed by atoms with Gasteiger partial charge < -0.3 is 18.9 Å². The number of benzene rings is 2. The van der Waals surface area contributed by atoms with Crippen molar-refractivity contribution in [3.8, 4) is 23.0 Å². The maximum absolute atomic E-state index is 5.87. The Bertz CT molecular complexity index is 943. The number of fused-ring (bicyclic) bond motifs is 2. The number of hydrogen-bond acceptors (Lipinski definition) is 6. The molecule has 1 saturated heterocycles. The monoisotopic (exact) mass is 446 g/mol. The third kappa shape index (κ3) is 3.73. The maximum atomic E-state index is 5.87. The molecule has 1 heterocycles. The van der Waals surface area contributed by atoms with E-state index in [0.717, 1.165) is 41.6 Å². The lowest BCUT2D eigenvalue weighted by Gasteiger charge is -2.41. The highest BCUT2D eigenvalue weighted by Gasteiger charge is 2.52. The van der Waals surface area contributed by atoms with Crippen LogP contribution in [0.25, 0.3) is 0 Å². The Hall–Kier alpha value is -1.66. The van der Waals surface area contributed by atoms with Gasteiger partial charge in [-0.05, 0) is 61.9 Å². The summed E-state index contributed by atoms with van der Waals surface area (Å²) in [5.41, 5.74) is 3.93. The largest absolute Gasteiger partial charge is 0.497 e. The lowest BCUT2D eigenvalue weighted by Crippen LogP contribution is -2.29. The van der Waals surface area contributed by atoms with Crippen LogP contribution in [0.15, 0.2) is 30.3 Å². The molecule has 0 saturated carbocycles. The number of methoxy groups -OCH3 is 4. The molecule has 2 aromatic carbocycles. The van der Waals surface area contributed by atoms with Gasteiger partial charge in [0.15, 0.2) is 11.5 Å². The zero-order chi connectivity index (χ0) is 21.5. The van der Waals surface area contributed by atoms with Crippen LogP contribution in [0.2, 0.25) is 0 Å². The fraction of sp³-hybridized carbons (Fsp3) is 0.500. The van der Waals surface area contributed by atoms with E-state index in [1.54, 1.807) is 28.4 Å². The molecule has 0 bridgehead atoms. The van der Waals surface area contributed by atoms with E-state index in [2.05, 4.69) is 55.6 Å². The Morgan fingerprint density at radius 3 is 2.20 bits per heavy atom. The van der Waals surface area contributed by atoms with E-state index in [1.165, 1.54) is 16.7 Å². The molecule has 4 rings (SSSR count). The molecule has 4 nitrogen and oxygen atoms in total. The molecular formula is C24H30O4S2. The van der Waals surface area contributed by atoms with E-state index in [0.29, 0.717) is 5.92 Å². The van der Waals surface area contributed by atoms with Gasteiger partial charge in [-0.25, -0.2) is 0 Å². The van der Waals surface area contributed by atoms with E-state index >= 15 is 0 Å². The van der Waals surface area contributed by atoms with Crippen LogP contribution in [-0.2, 0) is 10.5 Å². The van der Waals surface area contributed by atoms with Crippen molar-refractivity contribution in [2.24, 2.45) is 0 Å². The van der Waals surface area contributed by atoms with Gasteiger partial charge >= 0.3 is 0 Å². The minimum Gasteiger partial charge on any atom is -0.497 e. The molecule has 30 heavy (non-hydrogen) atoms. The van der Waals surface area contributed by atoms with Crippen molar-refractivity contribution in [1.29, 1.82) is 0 Å². The van der Waals surface area contributed by atoms with Crippen LogP contribution >= 0.6 is 23.5 Å². The summed E-state index contributed by atoms with van der Waals surface area (Å²) in [6, 6.07) is 10.6. The zero-order valence-electron chi connectivity index (χ0n) is 18.5. The summed E-state index contributed by atoms with van der Waals surface area (Å²) >= 11 is 4.14. The third-order valence-electron chi connectivity index (χ3n) is 5.95. The lowest BCUT2D eigenvalue weighted by molar-refractivity contribution is 0.353. The van der Waals surface area contributed by atoms with E-state index in [1.807, 2.05) is 12.1 Å². The standard InChI is InChI=1S/C24H30O4S2/c1-23(2)14-29-24(30-23)13-17(15-7-8-19(26-4)20(11-15)27-5)9-16-10-18(25-3)12-21(28-6)22(16)24/h7-8,10-12,17H,9,13-14H2,1-6H3. The molecule has 2 aromatic rings. The van der Waals surface area contributed by atoms with E-state index in [-0.39, 0.29) is 8.83 Å². The van der Waals surface area contributed by atoms with Gasteiger partial charge in [0.05, 0.1) is 32.5 Å². The van der Waals surface area contributed by atoms with Crippen molar-refractivity contribution in [1.82, 2.24) is 0 Å². The Balaban J connectivity index is 1.83. The molecule has 2 unspecified atom stereocenters. The first kappa shape index (κ1) is 21.6. The van der Waals surface area contributed by atoms with Gasteiger partial charge in [-0.2, -0.15) is 0 Å². The van der Waals surface area contributed by atoms with Crippen LogP contribution in [-0.4, -0.2) is 38.9 Å². The summed E-state index contributed by atoms with van der Waals surface area (Å²) in [6.45, 7) is 4.68. The fourth-order valence-corrected chi connectivity index (χ4v) is 8.93. The summed E-state index contributed by atoms with van der Waals surface area (Å²) in [4.78, 5) is 0. The summed E-state index contributed by atoms with van der Waals surface area (Å²) < 4.78 is 22.7. The van der Waals surface area contributed by atoms with Crippen LogP contribution in [0, 0.1) is 0 Å². The minimum absolute atomic E-state index is 0.0352. The van der Waals surface area contributed by atoms with Crippen LogP contribution < -0.4 is 18.9 Å². The van der Waals surface area contributed by atoms with Gasteiger partial charge in [0.1, 0.15) is 11.5 Å². The number of thioether (sulfide) groups is 2. The van der Waals surface area contributed by atoms with Gasteiger partial charge in [0.2, 0.25) is 0 Å². The highest BCUT2D eigenvalue weighted by atomic mass is 32.2. The highest BCUT2D eigenvalue weighted by Crippen LogP contribution is 2.67. The van der Waals surface area contributed by atoms with Gasteiger partial charge in [0, 0.05) is 22.1 Å². The maximum Gasteiger partial charge on any atom is 0.160 e. The molecule has 1 fully saturated rings. The first-order valence-corrected chi connectivity index (χ1v) is 12.0. The van der Waals surface area contributed by atoms with Crippen LogP contribution in [0.3, 0.4) is 0 Å². The molecule has 0 aromatic heterocycles. The van der Waals surface area contributed by atoms with Crippen molar-refractivity contribution in [2.45, 2.75) is 41.4 Å². The Labute approximate surface area is 188 Å². The SMILES string of the molecule is COc1cc2c(c(OC)c1)C1(CC(c3ccc(OC)c(OC)c3)C2)SCC(C)(C)S1. The predicted octanol–water partition coefficient (Wildman–Crippen LogP) is 5.86. The summed E-state index contributed by atoms with van der Waals surface area (Å²) in [5, 5.41) is 0. The average Bonchev–Trinajstić information content (AvgIpc) is 3.06. The van der Waals surface area contributed by atoms with Crippen molar-refractivity contribution >= 4 is 23.5 Å². The van der Waals surface area contributed by atoms with Crippen LogP contribution in [0.1, 0.15) is 42.9 Å². The van der Waals surface area contributed by atoms with Crippen molar-refractivity contribution in [3.63, 3.8) is 0 Å². The molecule has 0 amide bonds. The van der Waals surface area contributed by atoms with Crippen LogP contribution in [0.4, 0.5) is 0 Å². The molecule has 1 spiro atoms. The summed E-state index contributed by atoms with van der Waals surface area (Å²) in [7, 11) is 6.85. The van der Waals surface area contributed by atoms with E-state index in [9.17, 15) is 0 Å². The normalized spacial score (nSPS) is 24.4. The molecule has 6 heteroatoms. The molecular weight excluding hydrogens is 416 g/mol. The van der Waals surface area contributed by atoms with Crippen molar-refractivity contribution in [2.75, 3.05) is 34.2 Å². The number of ether oxygens (including phenoxy) is 4. The van der Waals surface area contributed by atoms with Gasteiger partial charge in [-0.3, -0.25) is 0 Å². The second kappa shape index (κ2) is 8.12. The second-order valence-electron chi connectivity index (χ2n) is 8.49. The van der Waals surface area contributed by atoms with Gasteiger partial charge in [-0.1, -0.05) is 6.07 Å². The van der Waals surface area contributed by atoms with E-state index in [4.69, 9.17) is 18.9 Å². The number of rotatable bonds is 5. The zero-order valence-corrected chi connectivity index (χ0v) is 20.2. The molecule has 0 N–H and O–H groups in total. The molecule has 2 aliphatic rings.